The van der Waals surface area contributed by atoms with E-state index in [1.807, 2.05) is 42.5 Å². The van der Waals surface area contributed by atoms with Crippen molar-refractivity contribution >= 4 is 52.2 Å². The molecule has 3 aliphatic heterocycles. The second-order valence-corrected chi connectivity index (χ2v) is 17.4. The highest BCUT2D eigenvalue weighted by Crippen LogP contribution is 2.47. The number of ether oxygens (including phenoxy) is 1. The van der Waals surface area contributed by atoms with Crippen LogP contribution in [0.2, 0.25) is 0 Å². The van der Waals surface area contributed by atoms with Gasteiger partial charge in [0, 0.05) is 56.2 Å². The van der Waals surface area contributed by atoms with E-state index in [-0.39, 0.29) is 52.3 Å². The number of piperazine rings is 1. The van der Waals surface area contributed by atoms with E-state index in [0.29, 0.717) is 51.1 Å². The number of carbonyl (C=O) groups is 4. The molecule has 3 aromatic rings. The van der Waals surface area contributed by atoms with Crippen molar-refractivity contribution in [3.05, 3.63) is 88.5 Å². The van der Waals surface area contributed by atoms with E-state index >= 15 is 0 Å². The number of amides is 3. The number of piperidine rings is 1. The normalized spacial score (nSPS) is 22.5. The highest BCUT2D eigenvalue weighted by atomic mass is 32.1. The highest BCUT2D eigenvalue weighted by Gasteiger charge is 2.51. The Bertz CT molecular complexity index is 2250. The molecule has 60 heavy (non-hydrogen) atoms. The summed E-state index contributed by atoms with van der Waals surface area (Å²) in [6.07, 6.45) is -1.13. The molecule has 3 heterocycles. The third kappa shape index (κ3) is 9.11. The van der Waals surface area contributed by atoms with Crippen molar-refractivity contribution in [3.8, 4) is 11.8 Å². The number of nitrogens with one attached hydrogen (secondary N) is 1. The predicted molar refractivity (Wildman–Crippen MR) is 224 cm³/mol. The molecule has 3 amide bonds. The molecule has 1 N–H and O–H groups in total. The number of hydrogen-bond donors (Lipinski definition) is 1. The summed E-state index contributed by atoms with van der Waals surface area (Å²) in [5, 5.41) is 11.7. The Hall–Kier alpha value is -5.17. The van der Waals surface area contributed by atoms with E-state index in [4.69, 9.17) is 17.0 Å². The van der Waals surface area contributed by atoms with Crippen molar-refractivity contribution < 1.29 is 37.1 Å². The van der Waals surface area contributed by atoms with E-state index in [2.05, 4.69) is 29.0 Å². The molecule has 11 nitrogen and oxygen atoms in total. The summed E-state index contributed by atoms with van der Waals surface area (Å²) in [6.45, 7) is 10.6. The molecule has 3 saturated heterocycles. The predicted octanol–water partition coefficient (Wildman–Crippen LogP) is 6.55. The Morgan fingerprint density at radius 3 is 2.35 bits per heavy atom. The van der Waals surface area contributed by atoms with Crippen molar-refractivity contribution in [2.75, 3.05) is 42.6 Å². The van der Waals surface area contributed by atoms with Crippen LogP contribution in [0.25, 0.3) is 0 Å². The topological polar surface area (TPSA) is 126 Å². The van der Waals surface area contributed by atoms with Crippen molar-refractivity contribution in [1.82, 2.24) is 15.1 Å². The smallest absolute Gasteiger partial charge is 0.417 e. The first-order valence-corrected chi connectivity index (χ1v) is 20.8. The van der Waals surface area contributed by atoms with Crippen molar-refractivity contribution in [2.45, 2.75) is 95.9 Å². The van der Waals surface area contributed by atoms with Crippen LogP contribution in [-0.4, -0.2) is 88.8 Å². The van der Waals surface area contributed by atoms with E-state index < -0.39 is 28.7 Å². The second-order valence-electron chi connectivity index (χ2n) is 17.0. The lowest BCUT2D eigenvalue weighted by molar-refractivity contribution is -0.138. The number of rotatable bonds is 13. The van der Waals surface area contributed by atoms with Crippen molar-refractivity contribution in [3.63, 3.8) is 0 Å². The van der Waals surface area contributed by atoms with Crippen LogP contribution in [-0.2, 0) is 38.2 Å². The number of benzene rings is 3. The fourth-order valence-electron chi connectivity index (χ4n) is 8.65. The molecule has 7 rings (SSSR count). The van der Waals surface area contributed by atoms with Gasteiger partial charge in [-0.1, -0.05) is 24.3 Å². The average molecular weight is 843 g/mol. The van der Waals surface area contributed by atoms with E-state index in [0.717, 1.165) is 65.4 Å². The number of nitrogens with zero attached hydrogens (tertiary/aromatic N) is 5. The fourth-order valence-corrected chi connectivity index (χ4v) is 9.17. The Morgan fingerprint density at radius 2 is 1.65 bits per heavy atom. The summed E-state index contributed by atoms with van der Waals surface area (Å²) < 4.78 is 47.9. The van der Waals surface area contributed by atoms with Crippen LogP contribution in [0.4, 0.5) is 24.5 Å². The Morgan fingerprint density at radius 1 is 0.950 bits per heavy atom. The largest absolute Gasteiger partial charge is 0.492 e. The number of alkyl halides is 3. The number of Topliss-reactive ketones (excluding diaryl/α,β-unsaturated/α-hetero) is 1. The lowest BCUT2D eigenvalue weighted by Gasteiger charge is -2.43. The van der Waals surface area contributed by atoms with Crippen LogP contribution in [0.5, 0.6) is 5.75 Å². The molecule has 4 aliphatic rings. The molecule has 0 spiro atoms. The summed E-state index contributed by atoms with van der Waals surface area (Å²) in [6, 6.07) is 18.5. The van der Waals surface area contributed by atoms with Gasteiger partial charge < -0.3 is 9.64 Å². The minimum Gasteiger partial charge on any atom is -0.492 e. The first-order valence-electron chi connectivity index (χ1n) is 20.4. The molecule has 3 aromatic carbocycles. The molecule has 1 unspecified atom stereocenters. The minimum atomic E-state index is -4.79. The van der Waals surface area contributed by atoms with Crippen LogP contribution in [0.3, 0.4) is 0 Å². The zero-order valence-electron chi connectivity index (χ0n) is 34.2. The molecule has 0 aromatic heterocycles. The van der Waals surface area contributed by atoms with Crippen LogP contribution in [0, 0.1) is 17.2 Å². The molecule has 3 atom stereocenters. The average Bonchev–Trinajstić information content (AvgIpc) is 4.01. The van der Waals surface area contributed by atoms with Gasteiger partial charge in [0.15, 0.2) is 10.9 Å². The first-order chi connectivity index (χ1) is 28.4. The SMILES string of the molecule is C[C@@H]1CN(CC(=O)Cc2cccc(CC3CCC(=O)NC3=O)c2)[C@H](C)CN1CCOc1ccc(N2C(=S)N(c3ccc(C#N)c(C(F)(F)F)c3)C(=O)C2(C)C)cc1C1CC1. The standard InChI is InChI=1S/C45H49F3N6O5S/c1-27-25-52(26-36(55)20-30-7-5-6-29(18-30)19-32-11-15-40(56)50-41(32)57)28(2)24-51(27)16-17-59-39-14-13-35(21-37(39)31-8-9-31)54-43(60)53(42(58)44(54,3)4)34-12-10-33(23-49)38(22-34)45(46,47)48/h5-7,10,12-14,18,21-22,27-28,31-32H,8-9,11,15-17,19-20,24-26H2,1-4H3,(H,50,56,57)/t27-,28-,32?/m1/s1. The Kier molecular flexibility index (Phi) is 12.2. The van der Waals surface area contributed by atoms with Gasteiger partial charge in [-0.15, -0.1) is 0 Å². The number of carbonyl (C=O) groups excluding carboxylic acids is 4. The number of anilines is 2. The van der Waals surface area contributed by atoms with E-state index in [1.54, 1.807) is 24.8 Å². The van der Waals surface area contributed by atoms with Gasteiger partial charge in [0.25, 0.3) is 5.91 Å². The molecule has 15 heteroatoms. The summed E-state index contributed by atoms with van der Waals surface area (Å²) in [4.78, 5) is 58.3. The molecule has 4 fully saturated rings. The van der Waals surface area contributed by atoms with Crippen LogP contribution < -0.4 is 19.9 Å². The lowest BCUT2D eigenvalue weighted by atomic mass is 9.90. The maximum atomic E-state index is 13.8. The Labute approximate surface area is 353 Å². The van der Waals surface area contributed by atoms with Gasteiger partial charge in [-0.25, -0.2) is 0 Å². The van der Waals surface area contributed by atoms with Gasteiger partial charge in [0.05, 0.1) is 29.4 Å². The minimum absolute atomic E-state index is 0.0402. The lowest BCUT2D eigenvalue weighted by Crippen LogP contribution is -2.58. The third-order valence-electron chi connectivity index (χ3n) is 12.1. The number of imide groups is 1. The van der Waals surface area contributed by atoms with Crippen LogP contribution >= 0.6 is 12.2 Å². The summed E-state index contributed by atoms with van der Waals surface area (Å²) in [7, 11) is 0. The molecular weight excluding hydrogens is 794 g/mol. The van der Waals surface area contributed by atoms with Gasteiger partial charge in [0.1, 0.15) is 17.9 Å². The Balaban J connectivity index is 0.947. The summed E-state index contributed by atoms with van der Waals surface area (Å²) in [5.41, 5.74) is 0.566. The number of thiocarbonyl (C=S) groups is 1. The zero-order chi connectivity index (χ0) is 43.1. The molecule has 316 valence electrons. The molecular formula is C45H49F3N6O5S. The van der Waals surface area contributed by atoms with E-state index in [1.165, 1.54) is 6.07 Å². The van der Waals surface area contributed by atoms with Crippen LogP contribution in [0.1, 0.15) is 87.1 Å². The molecule has 1 saturated carbocycles. The fraction of sp³-hybridized carbons (Fsp3) is 0.467. The first kappa shape index (κ1) is 42.9. The highest BCUT2D eigenvalue weighted by molar-refractivity contribution is 7.81. The van der Waals surface area contributed by atoms with E-state index in [9.17, 15) is 37.6 Å². The summed E-state index contributed by atoms with van der Waals surface area (Å²) >= 11 is 5.77. The van der Waals surface area contributed by atoms with Gasteiger partial charge >= 0.3 is 6.18 Å². The van der Waals surface area contributed by atoms with Gasteiger partial charge in [0.2, 0.25) is 11.8 Å². The number of hydrogen-bond acceptors (Lipinski definition) is 9. The van der Waals surface area contributed by atoms with Gasteiger partial charge in [-0.3, -0.25) is 39.2 Å². The number of ketones is 1. The van der Waals surface area contributed by atoms with Crippen molar-refractivity contribution in [1.29, 1.82) is 5.26 Å². The number of halogens is 3. The maximum Gasteiger partial charge on any atom is 0.417 e. The zero-order valence-corrected chi connectivity index (χ0v) is 35.0. The molecule has 0 bridgehead atoms. The van der Waals surface area contributed by atoms with Gasteiger partial charge in [-0.05, 0) is 125 Å². The molecule has 0 radical (unpaired) electrons. The monoisotopic (exact) mass is 842 g/mol. The second kappa shape index (κ2) is 17.1. The maximum absolute atomic E-state index is 13.8. The van der Waals surface area contributed by atoms with Crippen LogP contribution in [0.15, 0.2) is 60.7 Å². The number of nitriles is 1. The van der Waals surface area contributed by atoms with Crippen molar-refractivity contribution in [2.24, 2.45) is 5.92 Å². The third-order valence-corrected chi connectivity index (χ3v) is 12.5. The quantitative estimate of drug-likeness (QED) is 0.150. The summed E-state index contributed by atoms with van der Waals surface area (Å²) in [5.74, 6) is -0.0716. The van der Waals surface area contributed by atoms with Gasteiger partial charge in [-0.2, -0.15) is 18.4 Å². The molecule has 1 aliphatic carbocycles.